The zero-order valence-corrected chi connectivity index (χ0v) is 14.5. The van der Waals surface area contributed by atoms with Gasteiger partial charge in [-0.25, -0.2) is 0 Å². The molecule has 10 heteroatoms. The molecule has 0 aliphatic heterocycles. The Kier molecular flexibility index (Phi) is 7.99. The fourth-order valence-electron chi connectivity index (χ4n) is 2.04. The minimum atomic E-state index is -4.46. The predicted octanol–water partition coefficient (Wildman–Crippen LogP) is 2.36. The van der Waals surface area contributed by atoms with Gasteiger partial charge < -0.3 is 24.3 Å². The highest BCUT2D eigenvalue weighted by Crippen LogP contribution is 2.39. The van der Waals surface area contributed by atoms with Crippen LogP contribution in [0, 0.1) is 11.3 Å². The molecule has 1 amide bonds. The van der Waals surface area contributed by atoms with E-state index >= 15 is 0 Å². The number of nitrogens with zero attached hydrogens (tertiary/aromatic N) is 1. The fourth-order valence-corrected chi connectivity index (χ4v) is 2.04. The number of alkyl halides is 3. The van der Waals surface area contributed by atoms with Crippen LogP contribution in [0.1, 0.15) is 18.0 Å². The molecule has 1 aromatic carbocycles. The van der Waals surface area contributed by atoms with Gasteiger partial charge in [-0.1, -0.05) is 0 Å². The van der Waals surface area contributed by atoms with Crippen LogP contribution in [0.25, 0.3) is 0 Å². The predicted molar refractivity (Wildman–Crippen MR) is 84.1 cm³/mol. The lowest BCUT2D eigenvalue weighted by atomic mass is 10.1. The number of carbonyl (C=O) groups is 1. The molecule has 0 fully saturated rings. The molecule has 1 aromatic rings. The van der Waals surface area contributed by atoms with Crippen molar-refractivity contribution in [2.75, 3.05) is 34.5 Å². The third-order valence-electron chi connectivity index (χ3n) is 3.19. The third kappa shape index (κ3) is 6.33. The number of amides is 1. The number of nitrogens with one attached hydrogen (secondary N) is 1. The van der Waals surface area contributed by atoms with Gasteiger partial charge in [0.1, 0.15) is 12.6 Å². The quantitative estimate of drug-likeness (QED) is 0.666. The summed E-state index contributed by atoms with van der Waals surface area (Å²) in [6.07, 6.45) is -4.78. The van der Waals surface area contributed by atoms with E-state index in [4.69, 9.17) is 14.2 Å². The van der Waals surface area contributed by atoms with Crippen molar-refractivity contribution < 1.29 is 36.9 Å². The van der Waals surface area contributed by atoms with Crippen LogP contribution in [-0.2, 0) is 9.53 Å². The Bertz CT molecular complexity index is 633. The van der Waals surface area contributed by atoms with Crippen LogP contribution >= 0.6 is 0 Å². The second-order valence-corrected chi connectivity index (χ2v) is 5.01. The van der Waals surface area contributed by atoms with E-state index in [1.807, 2.05) is 6.07 Å². The highest BCUT2D eigenvalue weighted by atomic mass is 19.4. The Morgan fingerprint density at radius 1 is 1.19 bits per heavy atom. The lowest BCUT2D eigenvalue weighted by Gasteiger charge is -2.17. The highest BCUT2D eigenvalue weighted by molar-refractivity contribution is 5.77. The van der Waals surface area contributed by atoms with Crippen molar-refractivity contribution >= 4 is 5.91 Å². The summed E-state index contributed by atoms with van der Waals surface area (Å²) in [7, 11) is 4.22. The Morgan fingerprint density at radius 3 is 2.19 bits per heavy atom. The Morgan fingerprint density at radius 2 is 1.77 bits per heavy atom. The van der Waals surface area contributed by atoms with Gasteiger partial charge in [0.15, 0.2) is 11.5 Å². The van der Waals surface area contributed by atoms with Gasteiger partial charge in [-0.3, -0.25) is 4.79 Å². The van der Waals surface area contributed by atoms with Gasteiger partial charge in [-0.05, 0) is 17.7 Å². The van der Waals surface area contributed by atoms with Gasteiger partial charge in [-0.15, -0.1) is 0 Å². The van der Waals surface area contributed by atoms with Crippen LogP contribution in [0.15, 0.2) is 12.1 Å². The molecule has 0 heterocycles. The van der Waals surface area contributed by atoms with E-state index in [2.05, 4.69) is 10.1 Å². The lowest BCUT2D eigenvalue weighted by molar-refractivity contribution is -0.174. The molecule has 7 nitrogen and oxygen atoms in total. The van der Waals surface area contributed by atoms with Crippen molar-refractivity contribution in [2.24, 2.45) is 0 Å². The number of benzene rings is 1. The normalized spacial score (nSPS) is 12.0. The molecule has 0 aliphatic rings. The molecule has 144 valence electrons. The first-order chi connectivity index (χ1) is 12.3. The van der Waals surface area contributed by atoms with Crippen molar-refractivity contribution in [1.82, 2.24) is 5.32 Å². The summed E-state index contributed by atoms with van der Waals surface area (Å²) in [6, 6.07) is 3.83. The Balaban J connectivity index is 2.80. The molecule has 1 N–H and O–H groups in total. The van der Waals surface area contributed by atoms with E-state index in [-0.39, 0.29) is 6.42 Å². The highest BCUT2D eigenvalue weighted by Gasteiger charge is 2.27. The molecular weight excluding hydrogens is 357 g/mol. The zero-order chi connectivity index (χ0) is 19.7. The smallest absolute Gasteiger partial charge is 0.411 e. The average Bonchev–Trinajstić information content (AvgIpc) is 2.61. The van der Waals surface area contributed by atoms with E-state index in [1.165, 1.54) is 33.5 Å². The van der Waals surface area contributed by atoms with Crippen LogP contribution in [0.5, 0.6) is 17.2 Å². The van der Waals surface area contributed by atoms with Gasteiger partial charge in [0.2, 0.25) is 11.7 Å². The van der Waals surface area contributed by atoms with E-state index in [0.29, 0.717) is 22.8 Å². The number of carbonyl (C=O) groups excluding carboxylic acids is 1. The van der Waals surface area contributed by atoms with Crippen molar-refractivity contribution in [3.8, 4) is 23.3 Å². The first kappa shape index (κ1) is 21.4. The van der Waals surface area contributed by atoms with Crippen molar-refractivity contribution in [3.63, 3.8) is 0 Å². The minimum absolute atomic E-state index is 0.296. The molecule has 0 bridgehead atoms. The van der Waals surface area contributed by atoms with Gasteiger partial charge >= 0.3 is 6.18 Å². The number of hydrogen-bond acceptors (Lipinski definition) is 6. The van der Waals surface area contributed by atoms with E-state index in [1.54, 1.807) is 0 Å². The number of halogens is 3. The minimum Gasteiger partial charge on any atom is -0.493 e. The van der Waals surface area contributed by atoms with Crippen LogP contribution in [0.2, 0.25) is 0 Å². The Hall–Kier alpha value is -2.67. The SMILES string of the molecule is COc1cc(C(C#N)NC(=O)CCOCC(F)(F)F)cc(OC)c1OC. The summed E-state index contributed by atoms with van der Waals surface area (Å²) in [4.78, 5) is 11.8. The second-order valence-electron chi connectivity index (χ2n) is 5.01. The lowest BCUT2D eigenvalue weighted by Crippen LogP contribution is -2.29. The molecule has 0 saturated heterocycles. The maximum absolute atomic E-state index is 12.0. The Labute approximate surface area is 148 Å². The standard InChI is InChI=1S/C16H19F3N2O5/c1-23-12-6-10(7-13(24-2)15(12)25-3)11(8-20)21-14(22)4-5-26-9-16(17,18)19/h6-7,11H,4-5,9H2,1-3H3,(H,21,22). The molecular formula is C16H19F3N2O5. The van der Waals surface area contributed by atoms with Crippen LogP contribution in [0.3, 0.4) is 0 Å². The first-order valence-corrected chi connectivity index (χ1v) is 7.39. The number of methoxy groups -OCH3 is 3. The largest absolute Gasteiger partial charge is 0.493 e. The van der Waals surface area contributed by atoms with Gasteiger partial charge in [0.25, 0.3) is 0 Å². The van der Waals surface area contributed by atoms with Gasteiger partial charge in [0, 0.05) is 0 Å². The van der Waals surface area contributed by atoms with E-state index in [9.17, 15) is 23.2 Å². The molecule has 0 spiro atoms. The summed E-state index contributed by atoms with van der Waals surface area (Å²) in [6.45, 7) is -1.85. The third-order valence-corrected chi connectivity index (χ3v) is 3.19. The second kappa shape index (κ2) is 9.72. The van der Waals surface area contributed by atoms with Crippen molar-refractivity contribution in [2.45, 2.75) is 18.6 Å². The molecule has 26 heavy (non-hydrogen) atoms. The number of rotatable bonds is 9. The van der Waals surface area contributed by atoms with Crippen molar-refractivity contribution in [1.29, 1.82) is 5.26 Å². The average molecular weight is 376 g/mol. The maximum atomic E-state index is 12.0. The number of ether oxygens (including phenoxy) is 4. The molecule has 1 atom stereocenters. The zero-order valence-electron chi connectivity index (χ0n) is 14.5. The monoisotopic (exact) mass is 376 g/mol. The number of hydrogen-bond donors (Lipinski definition) is 1. The van der Waals surface area contributed by atoms with E-state index < -0.39 is 31.3 Å². The molecule has 0 radical (unpaired) electrons. The van der Waals surface area contributed by atoms with Crippen molar-refractivity contribution in [3.05, 3.63) is 17.7 Å². The summed E-state index contributed by atoms with van der Waals surface area (Å²) < 4.78 is 55.8. The summed E-state index contributed by atoms with van der Waals surface area (Å²) in [5.74, 6) is 0.282. The summed E-state index contributed by atoms with van der Waals surface area (Å²) in [5, 5.41) is 11.7. The molecule has 0 saturated carbocycles. The fraction of sp³-hybridized carbons (Fsp3) is 0.500. The van der Waals surface area contributed by atoms with Crippen LogP contribution in [-0.4, -0.2) is 46.6 Å². The summed E-state index contributed by atoms with van der Waals surface area (Å²) in [5.41, 5.74) is 0.367. The van der Waals surface area contributed by atoms with Gasteiger partial charge in [0.05, 0.1) is 40.4 Å². The van der Waals surface area contributed by atoms with Crippen LogP contribution in [0.4, 0.5) is 13.2 Å². The number of nitriles is 1. The maximum Gasteiger partial charge on any atom is 0.411 e. The van der Waals surface area contributed by atoms with E-state index in [0.717, 1.165) is 0 Å². The molecule has 1 rings (SSSR count). The molecule has 0 aromatic heterocycles. The van der Waals surface area contributed by atoms with Crippen LogP contribution < -0.4 is 19.5 Å². The molecule has 1 unspecified atom stereocenters. The first-order valence-electron chi connectivity index (χ1n) is 7.39. The topological polar surface area (TPSA) is 89.8 Å². The molecule has 0 aliphatic carbocycles. The van der Waals surface area contributed by atoms with Gasteiger partial charge in [-0.2, -0.15) is 18.4 Å². The summed E-state index contributed by atoms with van der Waals surface area (Å²) >= 11 is 0.